The van der Waals surface area contributed by atoms with E-state index < -0.39 is 26.6 Å². The molecule has 0 aliphatic rings. The highest BCUT2D eigenvalue weighted by Crippen LogP contribution is 2.26. The minimum absolute atomic E-state index is 0.00849. The van der Waals surface area contributed by atoms with E-state index in [1.54, 1.807) is 0 Å². The van der Waals surface area contributed by atoms with Gasteiger partial charge in [0.05, 0.1) is 10.7 Å². The van der Waals surface area contributed by atoms with Crippen LogP contribution in [0.3, 0.4) is 0 Å². The van der Waals surface area contributed by atoms with Crippen molar-refractivity contribution in [1.29, 1.82) is 0 Å². The molecular formula is C12H9ClF2N2O2S. The summed E-state index contributed by atoms with van der Waals surface area (Å²) in [6.07, 6.45) is 0. The molecule has 3 N–H and O–H groups in total. The predicted octanol–water partition coefficient (Wildman–Crippen LogP) is 3.00. The molecule has 8 heteroatoms. The zero-order chi connectivity index (χ0) is 14.9. The first-order valence-corrected chi connectivity index (χ1v) is 7.18. The van der Waals surface area contributed by atoms with Crippen molar-refractivity contribution < 1.29 is 17.2 Å². The molecule has 0 aliphatic heterocycles. The van der Waals surface area contributed by atoms with E-state index in [0.29, 0.717) is 0 Å². The summed E-state index contributed by atoms with van der Waals surface area (Å²) in [7, 11) is -4.23. The van der Waals surface area contributed by atoms with E-state index in [1.165, 1.54) is 12.1 Å². The van der Waals surface area contributed by atoms with Crippen molar-refractivity contribution in [2.45, 2.75) is 4.90 Å². The molecule has 0 saturated carbocycles. The molecule has 2 rings (SSSR count). The number of hydrogen-bond donors (Lipinski definition) is 2. The Kier molecular flexibility index (Phi) is 3.82. The number of hydrogen-bond acceptors (Lipinski definition) is 3. The van der Waals surface area contributed by atoms with E-state index in [9.17, 15) is 17.2 Å². The lowest BCUT2D eigenvalue weighted by atomic mass is 10.3. The zero-order valence-corrected chi connectivity index (χ0v) is 11.5. The molecule has 2 aromatic carbocycles. The first kappa shape index (κ1) is 14.5. The van der Waals surface area contributed by atoms with Crippen LogP contribution in [0.15, 0.2) is 41.3 Å². The van der Waals surface area contributed by atoms with E-state index in [2.05, 4.69) is 0 Å². The second-order valence-corrected chi connectivity index (χ2v) is 5.98. The van der Waals surface area contributed by atoms with Gasteiger partial charge in [0.15, 0.2) is 0 Å². The first-order chi connectivity index (χ1) is 9.29. The Bertz CT molecular complexity index is 766. The highest BCUT2D eigenvalue weighted by atomic mass is 35.5. The molecule has 0 atom stereocenters. The quantitative estimate of drug-likeness (QED) is 0.854. The molecule has 20 heavy (non-hydrogen) atoms. The third-order valence-corrected chi connectivity index (χ3v) is 4.15. The molecule has 2 aromatic rings. The molecule has 0 aromatic heterocycles. The van der Waals surface area contributed by atoms with Crippen LogP contribution in [-0.2, 0) is 10.0 Å². The average molecular weight is 319 g/mol. The van der Waals surface area contributed by atoms with Crippen LogP contribution in [0.2, 0.25) is 5.02 Å². The summed E-state index contributed by atoms with van der Waals surface area (Å²) in [6, 6.07) is 6.29. The lowest BCUT2D eigenvalue weighted by Gasteiger charge is -2.10. The van der Waals surface area contributed by atoms with Crippen LogP contribution in [0.5, 0.6) is 0 Å². The van der Waals surface area contributed by atoms with Gasteiger partial charge in [0.25, 0.3) is 10.0 Å². The van der Waals surface area contributed by atoms with E-state index in [4.69, 9.17) is 17.3 Å². The third-order valence-electron chi connectivity index (χ3n) is 2.42. The SMILES string of the molecule is Nc1ccc(S(=O)(=O)Nc2cc(F)ccc2Cl)c(F)c1. The van der Waals surface area contributed by atoms with Crippen LogP contribution >= 0.6 is 11.6 Å². The van der Waals surface area contributed by atoms with Crippen molar-refractivity contribution in [3.05, 3.63) is 53.1 Å². The lowest BCUT2D eigenvalue weighted by Crippen LogP contribution is -2.15. The minimum Gasteiger partial charge on any atom is -0.399 e. The number of nitrogens with two attached hydrogens (primary N) is 1. The van der Waals surface area contributed by atoms with Gasteiger partial charge in [-0.25, -0.2) is 17.2 Å². The topological polar surface area (TPSA) is 72.2 Å². The van der Waals surface area contributed by atoms with Gasteiger partial charge in [-0.2, -0.15) is 0 Å². The maximum absolute atomic E-state index is 13.6. The van der Waals surface area contributed by atoms with E-state index in [0.717, 1.165) is 24.3 Å². The van der Waals surface area contributed by atoms with Gasteiger partial charge in [0.1, 0.15) is 16.5 Å². The highest BCUT2D eigenvalue weighted by Gasteiger charge is 2.20. The fourth-order valence-electron chi connectivity index (χ4n) is 1.51. The van der Waals surface area contributed by atoms with Crippen LogP contribution in [0, 0.1) is 11.6 Å². The molecule has 0 aliphatic carbocycles. The summed E-state index contributed by atoms with van der Waals surface area (Å²) in [5.74, 6) is -1.69. The Balaban J connectivity index is 2.43. The smallest absolute Gasteiger partial charge is 0.264 e. The Hall–Kier alpha value is -1.86. The molecule has 4 nitrogen and oxygen atoms in total. The fourth-order valence-corrected chi connectivity index (χ4v) is 2.86. The second kappa shape index (κ2) is 5.26. The van der Waals surface area contributed by atoms with Gasteiger partial charge in [-0.05, 0) is 36.4 Å². The molecule has 0 unspecified atom stereocenters. The molecule has 0 heterocycles. The third kappa shape index (κ3) is 3.00. The lowest BCUT2D eigenvalue weighted by molar-refractivity contribution is 0.571. The number of halogens is 3. The standard InChI is InChI=1S/C12H9ClF2N2O2S/c13-9-3-1-7(14)5-11(9)17-20(18,19)12-4-2-8(16)6-10(12)15/h1-6,17H,16H2. The summed E-state index contributed by atoms with van der Waals surface area (Å²) in [5.41, 5.74) is 5.25. The van der Waals surface area contributed by atoms with Gasteiger partial charge < -0.3 is 5.73 Å². The number of anilines is 2. The van der Waals surface area contributed by atoms with Gasteiger partial charge in [-0.3, -0.25) is 4.72 Å². The largest absolute Gasteiger partial charge is 0.399 e. The van der Waals surface area contributed by atoms with E-state index >= 15 is 0 Å². The molecule has 0 bridgehead atoms. The van der Waals surface area contributed by atoms with Crippen LogP contribution < -0.4 is 10.5 Å². The van der Waals surface area contributed by atoms with Crippen molar-refractivity contribution in [2.24, 2.45) is 0 Å². The molecule has 106 valence electrons. The average Bonchev–Trinajstić information content (AvgIpc) is 2.33. The Labute approximate surface area is 119 Å². The van der Waals surface area contributed by atoms with Gasteiger partial charge in [0, 0.05) is 5.69 Å². The molecule has 0 radical (unpaired) electrons. The number of nitrogen functional groups attached to an aromatic ring is 1. The maximum atomic E-state index is 13.6. The van der Waals surface area contributed by atoms with Crippen molar-refractivity contribution in [3.8, 4) is 0 Å². The fraction of sp³-hybridized carbons (Fsp3) is 0. The maximum Gasteiger partial charge on any atom is 0.264 e. The summed E-state index contributed by atoms with van der Waals surface area (Å²) in [5, 5.41) is -0.00849. The first-order valence-electron chi connectivity index (χ1n) is 5.32. The zero-order valence-electron chi connectivity index (χ0n) is 9.90. The number of sulfonamides is 1. The minimum atomic E-state index is -4.23. The second-order valence-electron chi connectivity index (χ2n) is 3.92. The van der Waals surface area contributed by atoms with Crippen molar-refractivity contribution >= 4 is 33.0 Å². The summed E-state index contributed by atoms with van der Waals surface area (Å²) < 4.78 is 52.8. The highest BCUT2D eigenvalue weighted by molar-refractivity contribution is 7.92. The van der Waals surface area contributed by atoms with Crippen molar-refractivity contribution in [3.63, 3.8) is 0 Å². The molecule has 0 amide bonds. The Morgan fingerprint density at radius 1 is 1.10 bits per heavy atom. The Morgan fingerprint density at radius 3 is 2.45 bits per heavy atom. The van der Waals surface area contributed by atoms with E-state index in [-0.39, 0.29) is 16.4 Å². The predicted molar refractivity (Wildman–Crippen MR) is 73.0 cm³/mol. The Morgan fingerprint density at radius 2 is 1.80 bits per heavy atom. The summed E-state index contributed by atoms with van der Waals surface area (Å²) >= 11 is 5.75. The molecule has 0 saturated heterocycles. The van der Waals surface area contributed by atoms with Gasteiger partial charge in [-0.15, -0.1) is 0 Å². The van der Waals surface area contributed by atoms with Crippen LogP contribution in [0.4, 0.5) is 20.2 Å². The summed E-state index contributed by atoms with van der Waals surface area (Å²) in [4.78, 5) is -0.605. The normalized spacial score (nSPS) is 11.3. The van der Waals surface area contributed by atoms with Crippen molar-refractivity contribution in [2.75, 3.05) is 10.5 Å². The van der Waals surface area contributed by atoms with Gasteiger partial charge in [0.2, 0.25) is 0 Å². The molecule has 0 fully saturated rings. The van der Waals surface area contributed by atoms with Crippen LogP contribution in [0.1, 0.15) is 0 Å². The molecular weight excluding hydrogens is 310 g/mol. The number of benzene rings is 2. The van der Waals surface area contributed by atoms with Crippen LogP contribution in [-0.4, -0.2) is 8.42 Å². The summed E-state index contributed by atoms with van der Waals surface area (Å²) in [6.45, 7) is 0. The number of rotatable bonds is 3. The van der Waals surface area contributed by atoms with Crippen molar-refractivity contribution in [1.82, 2.24) is 0 Å². The number of nitrogens with one attached hydrogen (secondary N) is 1. The van der Waals surface area contributed by atoms with E-state index in [1.807, 2.05) is 4.72 Å². The van der Waals surface area contributed by atoms with Crippen LogP contribution in [0.25, 0.3) is 0 Å². The van der Waals surface area contributed by atoms with Gasteiger partial charge >= 0.3 is 0 Å². The molecule has 0 spiro atoms. The monoisotopic (exact) mass is 318 g/mol. The van der Waals surface area contributed by atoms with Gasteiger partial charge in [-0.1, -0.05) is 11.6 Å².